The Bertz CT molecular complexity index is 787. The largest absolute Gasteiger partial charge is 0.356 e. The van der Waals surface area contributed by atoms with Crippen LogP contribution in [0.4, 0.5) is 11.6 Å². The molecule has 142 valence electrons. The van der Waals surface area contributed by atoms with E-state index >= 15 is 0 Å². The molecule has 2 saturated heterocycles. The minimum Gasteiger partial charge on any atom is -0.356 e. The highest BCUT2D eigenvalue weighted by Crippen LogP contribution is 2.29. The van der Waals surface area contributed by atoms with E-state index in [-0.39, 0.29) is 5.91 Å². The highest BCUT2D eigenvalue weighted by molar-refractivity contribution is 7.99. The zero-order chi connectivity index (χ0) is 18.6. The van der Waals surface area contributed by atoms with Gasteiger partial charge in [-0.15, -0.1) is 11.8 Å². The van der Waals surface area contributed by atoms with E-state index in [0.29, 0.717) is 12.5 Å². The minimum atomic E-state index is 0.139. The first-order valence-electron chi connectivity index (χ1n) is 9.43. The lowest BCUT2D eigenvalue weighted by atomic mass is 10.2. The van der Waals surface area contributed by atoms with Crippen molar-refractivity contribution in [2.24, 2.45) is 5.92 Å². The molecule has 4 rings (SSSR count). The zero-order valence-corrected chi connectivity index (χ0v) is 16.4. The summed E-state index contributed by atoms with van der Waals surface area (Å²) in [6.45, 7) is 4.00. The Morgan fingerprint density at radius 1 is 1.07 bits per heavy atom. The molecule has 0 N–H and O–H groups in total. The fraction of sp³-hybridized carbons (Fsp3) is 0.450. The maximum Gasteiger partial charge on any atom is 0.241 e. The lowest BCUT2D eigenvalue weighted by Crippen LogP contribution is -2.48. The number of thioether (sulfide) groups is 1. The van der Waals surface area contributed by atoms with Crippen LogP contribution in [-0.2, 0) is 4.79 Å². The fourth-order valence-electron chi connectivity index (χ4n) is 3.54. The zero-order valence-electron chi connectivity index (χ0n) is 15.6. The predicted octanol–water partition coefficient (Wildman–Crippen LogP) is 2.37. The summed E-state index contributed by atoms with van der Waals surface area (Å²) >= 11 is 1.93. The SMILES string of the molecule is CN1CCN(c2cc(N3CCC(CSc4ccccc4)C3)ncn2)CC1=O. The smallest absolute Gasteiger partial charge is 0.241 e. The van der Waals surface area contributed by atoms with Crippen LogP contribution < -0.4 is 9.80 Å². The molecule has 2 aliphatic rings. The van der Waals surface area contributed by atoms with E-state index in [1.54, 1.807) is 11.2 Å². The molecule has 7 heteroatoms. The number of hydrogen-bond acceptors (Lipinski definition) is 6. The molecule has 0 saturated carbocycles. The van der Waals surface area contributed by atoms with Gasteiger partial charge in [-0.05, 0) is 24.5 Å². The van der Waals surface area contributed by atoms with E-state index in [2.05, 4.69) is 45.2 Å². The quantitative estimate of drug-likeness (QED) is 0.739. The molecule has 2 aromatic rings. The van der Waals surface area contributed by atoms with Gasteiger partial charge in [-0.3, -0.25) is 4.79 Å². The highest BCUT2D eigenvalue weighted by atomic mass is 32.2. The molecule has 1 atom stereocenters. The Morgan fingerprint density at radius 3 is 2.63 bits per heavy atom. The van der Waals surface area contributed by atoms with Crippen molar-refractivity contribution < 1.29 is 4.79 Å². The lowest BCUT2D eigenvalue weighted by molar-refractivity contribution is -0.129. The Hall–Kier alpha value is -2.28. The molecule has 1 aromatic carbocycles. The van der Waals surface area contributed by atoms with Crippen LogP contribution in [0.25, 0.3) is 0 Å². The average Bonchev–Trinajstić information content (AvgIpc) is 3.19. The van der Waals surface area contributed by atoms with Gasteiger partial charge in [0.2, 0.25) is 5.91 Å². The molecule has 1 unspecified atom stereocenters. The summed E-state index contributed by atoms with van der Waals surface area (Å²) in [7, 11) is 1.85. The topological polar surface area (TPSA) is 52.6 Å². The van der Waals surface area contributed by atoms with E-state index in [4.69, 9.17) is 0 Å². The number of piperazine rings is 1. The van der Waals surface area contributed by atoms with Crippen LogP contribution in [0.2, 0.25) is 0 Å². The molecule has 2 aliphatic heterocycles. The molecule has 27 heavy (non-hydrogen) atoms. The van der Waals surface area contributed by atoms with Crippen molar-refractivity contribution in [1.82, 2.24) is 14.9 Å². The van der Waals surface area contributed by atoms with E-state index in [9.17, 15) is 4.79 Å². The second kappa shape index (κ2) is 8.17. The third kappa shape index (κ3) is 4.35. The summed E-state index contributed by atoms with van der Waals surface area (Å²) in [6.07, 6.45) is 2.81. The number of carbonyl (C=O) groups is 1. The molecule has 0 radical (unpaired) electrons. The summed E-state index contributed by atoms with van der Waals surface area (Å²) in [4.78, 5) is 28.4. The highest BCUT2D eigenvalue weighted by Gasteiger charge is 2.26. The van der Waals surface area contributed by atoms with Crippen LogP contribution in [0, 0.1) is 5.92 Å². The van der Waals surface area contributed by atoms with Gasteiger partial charge >= 0.3 is 0 Å². The van der Waals surface area contributed by atoms with Gasteiger partial charge in [0.25, 0.3) is 0 Å². The summed E-state index contributed by atoms with van der Waals surface area (Å²) < 4.78 is 0. The van der Waals surface area contributed by atoms with Gasteiger partial charge in [0.1, 0.15) is 18.0 Å². The van der Waals surface area contributed by atoms with Crippen molar-refractivity contribution in [2.45, 2.75) is 11.3 Å². The van der Waals surface area contributed by atoms with Crippen molar-refractivity contribution in [1.29, 1.82) is 0 Å². The molecule has 3 heterocycles. The first-order valence-corrected chi connectivity index (χ1v) is 10.4. The van der Waals surface area contributed by atoms with Crippen LogP contribution >= 0.6 is 11.8 Å². The Balaban J connectivity index is 1.36. The van der Waals surface area contributed by atoms with Crippen molar-refractivity contribution in [3.05, 3.63) is 42.7 Å². The molecule has 0 bridgehead atoms. The number of aromatic nitrogens is 2. The van der Waals surface area contributed by atoms with Crippen molar-refractivity contribution >= 4 is 29.3 Å². The van der Waals surface area contributed by atoms with Crippen LogP contribution in [-0.4, -0.2) is 66.3 Å². The van der Waals surface area contributed by atoms with Gasteiger partial charge in [-0.1, -0.05) is 18.2 Å². The number of anilines is 2. The standard InChI is InChI=1S/C20H25N5OS/c1-23-9-10-25(13-20(23)26)19-11-18(21-15-22-19)24-8-7-16(12-24)14-27-17-5-3-2-4-6-17/h2-6,11,15-16H,7-10,12-14H2,1H3. The van der Waals surface area contributed by atoms with E-state index in [1.807, 2.05) is 29.8 Å². The molecule has 0 aliphatic carbocycles. The Morgan fingerprint density at radius 2 is 1.85 bits per heavy atom. The van der Waals surface area contributed by atoms with Gasteiger partial charge in [0.05, 0.1) is 6.54 Å². The number of carbonyl (C=O) groups excluding carboxylic acids is 1. The molecule has 2 fully saturated rings. The van der Waals surface area contributed by atoms with Gasteiger partial charge in [0, 0.05) is 49.9 Å². The maximum atomic E-state index is 12.0. The summed E-state index contributed by atoms with van der Waals surface area (Å²) in [6, 6.07) is 12.6. The van der Waals surface area contributed by atoms with Crippen molar-refractivity contribution in [3.63, 3.8) is 0 Å². The van der Waals surface area contributed by atoms with E-state index in [0.717, 1.165) is 43.6 Å². The fourth-order valence-corrected chi connectivity index (χ4v) is 4.59. The van der Waals surface area contributed by atoms with Gasteiger partial charge in [0.15, 0.2) is 0 Å². The number of likely N-dealkylation sites (N-methyl/N-ethyl adjacent to an activating group) is 1. The second-order valence-corrected chi connectivity index (χ2v) is 8.29. The molecule has 6 nitrogen and oxygen atoms in total. The van der Waals surface area contributed by atoms with Crippen LogP contribution in [0.1, 0.15) is 6.42 Å². The molecule has 1 aromatic heterocycles. The minimum absolute atomic E-state index is 0.139. The van der Waals surface area contributed by atoms with Crippen LogP contribution in [0.15, 0.2) is 47.6 Å². The van der Waals surface area contributed by atoms with Gasteiger partial charge in [-0.25, -0.2) is 9.97 Å². The third-order valence-electron chi connectivity index (χ3n) is 5.26. The predicted molar refractivity (Wildman–Crippen MR) is 109 cm³/mol. The van der Waals surface area contributed by atoms with Crippen LogP contribution in [0.5, 0.6) is 0 Å². The Labute approximate surface area is 164 Å². The summed E-state index contributed by atoms with van der Waals surface area (Å²) in [5.74, 6) is 3.76. The molecular formula is C20H25N5OS. The van der Waals surface area contributed by atoms with Crippen molar-refractivity contribution in [2.75, 3.05) is 55.3 Å². The molecular weight excluding hydrogens is 358 g/mol. The summed E-state index contributed by atoms with van der Waals surface area (Å²) in [5.41, 5.74) is 0. The number of benzene rings is 1. The monoisotopic (exact) mass is 383 g/mol. The summed E-state index contributed by atoms with van der Waals surface area (Å²) in [5, 5.41) is 0. The van der Waals surface area contributed by atoms with Crippen molar-refractivity contribution in [3.8, 4) is 0 Å². The number of nitrogens with zero attached hydrogens (tertiary/aromatic N) is 5. The Kier molecular flexibility index (Phi) is 5.48. The molecule has 1 amide bonds. The van der Waals surface area contributed by atoms with Gasteiger partial charge < -0.3 is 14.7 Å². The number of hydrogen-bond donors (Lipinski definition) is 0. The second-order valence-electron chi connectivity index (χ2n) is 7.20. The normalized spacial score (nSPS) is 20.4. The number of amides is 1. The lowest BCUT2D eigenvalue weighted by Gasteiger charge is -2.33. The maximum absolute atomic E-state index is 12.0. The first kappa shape index (κ1) is 18.1. The third-order valence-corrected chi connectivity index (χ3v) is 6.50. The first-order chi connectivity index (χ1) is 13.2. The van der Waals surface area contributed by atoms with Crippen LogP contribution in [0.3, 0.4) is 0 Å². The molecule has 0 spiro atoms. The van der Waals surface area contributed by atoms with Gasteiger partial charge in [-0.2, -0.15) is 0 Å². The van der Waals surface area contributed by atoms with E-state index < -0.39 is 0 Å². The number of rotatable bonds is 5. The van der Waals surface area contributed by atoms with E-state index in [1.165, 1.54) is 11.3 Å². The average molecular weight is 384 g/mol.